The van der Waals surface area contributed by atoms with Crippen LogP contribution in [0.15, 0.2) is 108 Å². The smallest absolute Gasteiger partial charge is 0.416 e. The zero-order chi connectivity index (χ0) is 30.2. The third-order valence-electron chi connectivity index (χ3n) is 5.81. The molecule has 0 heterocycles. The monoisotopic (exact) mass is 601 g/mol. The van der Waals surface area contributed by atoms with E-state index in [4.69, 9.17) is 14.2 Å². The Labute approximate surface area is 240 Å². The topological polar surface area (TPSA) is 102 Å². The second-order valence-electron chi connectivity index (χ2n) is 8.92. The van der Waals surface area contributed by atoms with Crippen LogP contribution in [0, 0.1) is 0 Å². The quantitative estimate of drug-likeness (QED) is 0.168. The van der Waals surface area contributed by atoms with E-state index >= 15 is 0 Å². The van der Waals surface area contributed by atoms with E-state index in [0.29, 0.717) is 23.0 Å². The van der Waals surface area contributed by atoms with Crippen LogP contribution in [0.4, 0.5) is 13.2 Å². The average molecular weight is 602 g/mol. The van der Waals surface area contributed by atoms with Crippen molar-refractivity contribution < 1.29 is 45.7 Å². The van der Waals surface area contributed by atoms with E-state index in [9.17, 15) is 31.5 Å². The normalized spacial score (nSPS) is 11.7. The van der Waals surface area contributed by atoms with Crippen molar-refractivity contribution in [3.8, 4) is 28.7 Å². The second kappa shape index (κ2) is 13.4. The Hall–Kier alpha value is -4.55. The molecule has 42 heavy (non-hydrogen) atoms. The van der Waals surface area contributed by atoms with Gasteiger partial charge in [-0.25, -0.2) is 8.42 Å². The lowest BCUT2D eigenvalue weighted by molar-refractivity contribution is -0.138. The van der Waals surface area contributed by atoms with Gasteiger partial charge < -0.3 is 19.3 Å². The van der Waals surface area contributed by atoms with Crippen molar-refractivity contribution in [2.24, 2.45) is 0 Å². The third kappa shape index (κ3) is 8.48. The number of para-hydroxylation sites is 1. The molecule has 1 N–H and O–H groups in total. The largest absolute Gasteiger partial charge is 0.494 e. The molecular weight excluding hydrogens is 575 g/mol. The Bertz CT molecular complexity index is 1560. The number of carboxylic acid groups (broad SMARTS) is 1. The molecule has 0 aliphatic rings. The van der Waals surface area contributed by atoms with Gasteiger partial charge >= 0.3 is 12.1 Å². The van der Waals surface area contributed by atoms with Gasteiger partial charge in [0.05, 0.1) is 17.1 Å². The number of aliphatic carboxylic acids is 1. The number of halogens is 3. The minimum atomic E-state index is -4.43. The van der Waals surface area contributed by atoms with Gasteiger partial charge in [-0.2, -0.15) is 17.5 Å². The van der Waals surface area contributed by atoms with Crippen molar-refractivity contribution in [1.29, 1.82) is 0 Å². The molecule has 0 saturated carbocycles. The molecule has 4 rings (SSSR count). The number of ether oxygens (including phenoxy) is 3. The Morgan fingerprint density at radius 3 is 1.71 bits per heavy atom. The van der Waals surface area contributed by atoms with Crippen LogP contribution < -0.4 is 14.2 Å². The summed E-state index contributed by atoms with van der Waals surface area (Å²) in [6.07, 6.45) is -4.23. The number of benzene rings is 4. The molecule has 0 fully saturated rings. The van der Waals surface area contributed by atoms with E-state index < -0.39 is 34.3 Å². The summed E-state index contributed by atoms with van der Waals surface area (Å²) in [5, 5.41) is 9.30. The van der Waals surface area contributed by atoms with Gasteiger partial charge in [-0.1, -0.05) is 18.2 Å². The second-order valence-corrected chi connectivity index (χ2v) is 10.9. The predicted molar refractivity (Wildman–Crippen MR) is 147 cm³/mol. The molecule has 0 radical (unpaired) electrons. The molecule has 0 saturated heterocycles. The van der Waals surface area contributed by atoms with E-state index in [1.54, 1.807) is 48.5 Å². The van der Waals surface area contributed by atoms with Crippen LogP contribution in [-0.4, -0.2) is 43.5 Å². The van der Waals surface area contributed by atoms with Gasteiger partial charge in [0, 0.05) is 6.54 Å². The minimum absolute atomic E-state index is 0.0753. The highest BCUT2D eigenvalue weighted by atomic mass is 32.2. The Morgan fingerprint density at radius 1 is 0.714 bits per heavy atom. The molecule has 0 spiro atoms. The third-order valence-corrected chi connectivity index (χ3v) is 7.67. The lowest BCUT2D eigenvalue weighted by Gasteiger charge is -2.20. The van der Waals surface area contributed by atoms with Gasteiger partial charge in [0.1, 0.15) is 35.3 Å². The van der Waals surface area contributed by atoms with Gasteiger partial charge in [-0.15, -0.1) is 0 Å². The van der Waals surface area contributed by atoms with Crippen LogP contribution in [0.1, 0.15) is 12.0 Å². The molecule has 0 bridgehead atoms. The fourth-order valence-electron chi connectivity index (χ4n) is 3.77. The average Bonchev–Trinajstić information content (AvgIpc) is 2.96. The summed E-state index contributed by atoms with van der Waals surface area (Å²) in [5.74, 6) is 0.760. The predicted octanol–water partition coefficient (Wildman–Crippen LogP) is 6.83. The molecule has 8 nitrogen and oxygen atoms in total. The first-order valence-corrected chi connectivity index (χ1v) is 14.1. The molecule has 0 unspecified atom stereocenters. The van der Waals surface area contributed by atoms with Gasteiger partial charge in [0.25, 0.3) is 0 Å². The van der Waals surface area contributed by atoms with Crippen molar-refractivity contribution in [1.82, 2.24) is 4.31 Å². The molecule has 4 aromatic rings. The van der Waals surface area contributed by atoms with Gasteiger partial charge in [-0.05, 0) is 91.3 Å². The molecule has 0 aliphatic heterocycles. The number of nitrogens with zero attached hydrogens (tertiary/aromatic N) is 1. The SMILES string of the molecule is O=C(O)CN(CCCOc1ccc(Oc2ccc(C(F)(F)F)cc2)cc1)S(=O)(=O)c1ccc(Oc2ccccc2)cc1. The molecule has 0 aromatic heterocycles. The minimum Gasteiger partial charge on any atom is -0.494 e. The maximum atomic E-state index is 13.2. The van der Waals surface area contributed by atoms with Crippen molar-refractivity contribution in [2.45, 2.75) is 17.5 Å². The van der Waals surface area contributed by atoms with Crippen molar-refractivity contribution in [3.05, 3.63) is 109 Å². The fourth-order valence-corrected chi connectivity index (χ4v) is 5.20. The van der Waals surface area contributed by atoms with E-state index in [1.807, 2.05) is 6.07 Å². The van der Waals surface area contributed by atoms with Crippen LogP contribution in [0.2, 0.25) is 0 Å². The molecule has 220 valence electrons. The number of carboxylic acids is 1. The maximum absolute atomic E-state index is 13.2. The molecular formula is C30H26F3NO7S. The van der Waals surface area contributed by atoms with E-state index in [2.05, 4.69) is 0 Å². The van der Waals surface area contributed by atoms with Crippen LogP contribution in [0.3, 0.4) is 0 Å². The van der Waals surface area contributed by atoms with E-state index in [1.165, 1.54) is 36.4 Å². The standard InChI is InChI=1S/C30H26F3NO7S/c31-30(32,33)22-7-9-25(10-8-22)41-26-13-11-23(12-14-26)39-20-4-19-34(21-29(35)36)42(37,38)28-17-15-27(16-18-28)40-24-5-2-1-3-6-24/h1-3,5-18H,4,19-21H2,(H,35,36). The van der Waals surface area contributed by atoms with Crippen LogP contribution in [0.5, 0.6) is 28.7 Å². The Kier molecular flexibility index (Phi) is 9.71. The first-order chi connectivity index (χ1) is 20.0. The van der Waals surface area contributed by atoms with Crippen molar-refractivity contribution in [3.63, 3.8) is 0 Å². The summed E-state index contributed by atoms with van der Waals surface area (Å²) in [4.78, 5) is 11.3. The lowest BCUT2D eigenvalue weighted by atomic mass is 10.2. The van der Waals surface area contributed by atoms with E-state index in [-0.39, 0.29) is 30.2 Å². The Balaban J connectivity index is 1.30. The number of rotatable bonds is 13. The summed E-state index contributed by atoms with van der Waals surface area (Å²) in [6.45, 7) is -0.735. The lowest BCUT2D eigenvalue weighted by Crippen LogP contribution is -2.37. The number of carbonyl (C=O) groups is 1. The molecule has 4 aromatic carbocycles. The molecule has 0 atom stereocenters. The van der Waals surface area contributed by atoms with E-state index in [0.717, 1.165) is 16.4 Å². The number of hydrogen-bond acceptors (Lipinski definition) is 6. The first-order valence-electron chi connectivity index (χ1n) is 12.6. The highest BCUT2D eigenvalue weighted by Crippen LogP contribution is 2.32. The zero-order valence-electron chi connectivity index (χ0n) is 22.0. The van der Waals surface area contributed by atoms with Gasteiger partial charge in [0.2, 0.25) is 10.0 Å². The van der Waals surface area contributed by atoms with Crippen molar-refractivity contribution >= 4 is 16.0 Å². The number of hydrogen-bond donors (Lipinski definition) is 1. The number of sulfonamides is 1. The van der Waals surface area contributed by atoms with Crippen LogP contribution >= 0.6 is 0 Å². The summed E-state index contributed by atoms with van der Waals surface area (Å²) < 4.78 is 82.2. The molecule has 0 amide bonds. The maximum Gasteiger partial charge on any atom is 0.416 e. The van der Waals surface area contributed by atoms with Gasteiger partial charge in [0.15, 0.2) is 0 Å². The highest BCUT2D eigenvalue weighted by molar-refractivity contribution is 7.89. The van der Waals surface area contributed by atoms with Crippen LogP contribution in [0.25, 0.3) is 0 Å². The summed E-state index contributed by atoms with van der Waals surface area (Å²) in [7, 11) is -4.11. The summed E-state index contributed by atoms with van der Waals surface area (Å²) in [5.41, 5.74) is -0.778. The highest BCUT2D eigenvalue weighted by Gasteiger charge is 2.30. The number of alkyl halides is 3. The molecule has 12 heteroatoms. The Morgan fingerprint density at radius 2 is 1.19 bits per heavy atom. The van der Waals surface area contributed by atoms with Crippen LogP contribution in [-0.2, 0) is 21.0 Å². The summed E-state index contributed by atoms with van der Waals surface area (Å²) in [6, 6.07) is 25.3. The zero-order valence-corrected chi connectivity index (χ0v) is 22.8. The fraction of sp³-hybridized carbons (Fsp3) is 0.167. The van der Waals surface area contributed by atoms with Crippen molar-refractivity contribution in [2.75, 3.05) is 19.7 Å². The first kappa shape index (κ1) is 30.4. The molecule has 0 aliphatic carbocycles. The van der Waals surface area contributed by atoms with Gasteiger partial charge in [-0.3, -0.25) is 4.79 Å². The summed E-state index contributed by atoms with van der Waals surface area (Å²) >= 11 is 0.